The smallest absolute Gasteiger partial charge is 0.306 e. The Morgan fingerprint density at radius 1 is 0.235 bits per heavy atom. The molecule has 0 amide bonds. The van der Waals surface area contributed by atoms with Gasteiger partial charge in [0.25, 0.3) is 0 Å². The van der Waals surface area contributed by atoms with Crippen molar-refractivity contribution >= 4 is 17.9 Å². The second kappa shape index (κ2) is 70.6. The monoisotopic (exact) mass is 1140 g/mol. The maximum absolute atomic E-state index is 12.9. The van der Waals surface area contributed by atoms with Crippen LogP contribution in [0.15, 0.2) is 12.2 Å². The van der Waals surface area contributed by atoms with Gasteiger partial charge >= 0.3 is 17.9 Å². The van der Waals surface area contributed by atoms with Crippen molar-refractivity contribution in [3.8, 4) is 0 Å². The first-order valence-corrected chi connectivity index (χ1v) is 37.2. The molecule has 6 nitrogen and oxygen atoms in total. The fourth-order valence-corrected chi connectivity index (χ4v) is 11.7. The highest BCUT2D eigenvalue weighted by Gasteiger charge is 2.20. The lowest BCUT2D eigenvalue weighted by Crippen LogP contribution is -2.30. The van der Waals surface area contributed by atoms with E-state index in [1.54, 1.807) is 0 Å². The zero-order valence-electron chi connectivity index (χ0n) is 55.4. The van der Waals surface area contributed by atoms with Gasteiger partial charge in [0.1, 0.15) is 13.2 Å². The number of hydrogen-bond acceptors (Lipinski definition) is 6. The molecule has 0 saturated carbocycles. The molecule has 1 unspecified atom stereocenters. The van der Waals surface area contributed by atoms with E-state index in [0.717, 1.165) is 64.2 Å². The van der Waals surface area contributed by atoms with Gasteiger partial charge in [-0.05, 0) is 44.9 Å². The van der Waals surface area contributed by atoms with E-state index in [4.69, 9.17) is 14.2 Å². The summed E-state index contributed by atoms with van der Waals surface area (Å²) in [6.45, 7) is 6.72. The van der Waals surface area contributed by atoms with Crippen LogP contribution in [0.1, 0.15) is 432 Å². The molecule has 0 bridgehead atoms. The van der Waals surface area contributed by atoms with E-state index in [1.807, 2.05) is 0 Å². The Morgan fingerprint density at radius 3 is 0.617 bits per heavy atom. The molecule has 0 rings (SSSR count). The van der Waals surface area contributed by atoms with Crippen LogP contribution in [-0.2, 0) is 28.6 Å². The van der Waals surface area contributed by atoms with Crippen LogP contribution in [0, 0.1) is 0 Å². The van der Waals surface area contributed by atoms with Crippen molar-refractivity contribution in [2.45, 2.75) is 438 Å². The predicted octanol–water partition coefficient (Wildman–Crippen LogP) is 25.6. The van der Waals surface area contributed by atoms with Crippen LogP contribution in [0.25, 0.3) is 0 Å². The molecule has 0 aromatic rings. The molecule has 0 spiro atoms. The quantitative estimate of drug-likeness (QED) is 0.0261. The summed E-state index contributed by atoms with van der Waals surface area (Å²) >= 11 is 0. The van der Waals surface area contributed by atoms with E-state index in [9.17, 15) is 14.4 Å². The first kappa shape index (κ1) is 79.2. The zero-order valence-corrected chi connectivity index (χ0v) is 55.4. The Morgan fingerprint density at radius 2 is 0.407 bits per heavy atom. The molecule has 0 aliphatic heterocycles. The van der Waals surface area contributed by atoms with Gasteiger partial charge in [-0.15, -0.1) is 0 Å². The summed E-state index contributed by atoms with van der Waals surface area (Å²) in [5.74, 6) is -0.842. The lowest BCUT2D eigenvalue weighted by atomic mass is 10.0. The molecule has 1 atom stereocenters. The lowest BCUT2D eigenvalue weighted by molar-refractivity contribution is -0.167. The minimum Gasteiger partial charge on any atom is -0.462 e. The number of carbonyl (C=O) groups excluding carboxylic acids is 3. The summed E-state index contributed by atoms with van der Waals surface area (Å²) in [5.41, 5.74) is 0. The van der Waals surface area contributed by atoms with E-state index in [2.05, 4.69) is 32.9 Å². The van der Waals surface area contributed by atoms with Gasteiger partial charge in [0.05, 0.1) is 0 Å². The summed E-state index contributed by atoms with van der Waals surface area (Å²) < 4.78 is 17.0. The third-order valence-electron chi connectivity index (χ3n) is 17.3. The minimum atomic E-state index is -0.770. The number of rotatable bonds is 70. The fourth-order valence-electron chi connectivity index (χ4n) is 11.7. The van der Waals surface area contributed by atoms with Crippen molar-refractivity contribution in [3.05, 3.63) is 12.2 Å². The highest BCUT2D eigenvalue weighted by atomic mass is 16.6. The van der Waals surface area contributed by atoms with E-state index >= 15 is 0 Å². The van der Waals surface area contributed by atoms with Crippen LogP contribution in [0.2, 0.25) is 0 Å². The summed E-state index contributed by atoms with van der Waals surface area (Å²) in [6.07, 6.45) is 85.6. The van der Waals surface area contributed by atoms with Gasteiger partial charge in [-0.3, -0.25) is 14.4 Å². The van der Waals surface area contributed by atoms with Gasteiger partial charge in [-0.25, -0.2) is 0 Å². The Kier molecular flexibility index (Phi) is 69.0. The van der Waals surface area contributed by atoms with E-state index in [1.165, 1.54) is 327 Å². The zero-order chi connectivity index (χ0) is 58.5. The summed E-state index contributed by atoms with van der Waals surface area (Å²) in [5, 5.41) is 0. The number of ether oxygens (including phenoxy) is 3. The van der Waals surface area contributed by atoms with Crippen LogP contribution >= 0.6 is 0 Å². The summed E-state index contributed by atoms with van der Waals surface area (Å²) in [4.78, 5) is 38.4. The van der Waals surface area contributed by atoms with Crippen LogP contribution in [0.3, 0.4) is 0 Å². The molecular weight excluding hydrogens is 997 g/mol. The Labute approximate surface area is 507 Å². The van der Waals surface area contributed by atoms with Crippen LogP contribution in [0.5, 0.6) is 0 Å². The SMILES string of the molecule is CCCCCCCCC/C=C\CCCCCCCC(=O)OC(COC(=O)CCCCCCCCCCCCCCC)COC(=O)CCCCCCCCCCCCCCCCCCCCCCCCCCCCCCCCCCCC. The predicted molar refractivity (Wildman–Crippen MR) is 353 cm³/mol. The third kappa shape index (κ3) is 68.8. The maximum Gasteiger partial charge on any atom is 0.306 e. The van der Waals surface area contributed by atoms with Crippen molar-refractivity contribution in [1.82, 2.24) is 0 Å². The molecule has 6 heteroatoms. The Bertz CT molecular complexity index is 1260. The molecule has 0 N–H and O–H groups in total. The largest absolute Gasteiger partial charge is 0.462 e. The highest BCUT2D eigenvalue weighted by Crippen LogP contribution is 2.20. The summed E-state index contributed by atoms with van der Waals surface area (Å²) in [6, 6.07) is 0. The second-order valence-corrected chi connectivity index (χ2v) is 25.6. The normalized spacial score (nSPS) is 12.0. The van der Waals surface area contributed by atoms with Crippen molar-refractivity contribution in [2.24, 2.45) is 0 Å². The minimum absolute atomic E-state index is 0.0667. The van der Waals surface area contributed by atoms with E-state index in [-0.39, 0.29) is 31.1 Å². The molecule has 0 aromatic heterocycles. The average molecular weight is 1140 g/mol. The van der Waals surface area contributed by atoms with Crippen molar-refractivity contribution < 1.29 is 28.6 Å². The van der Waals surface area contributed by atoms with Crippen LogP contribution in [0.4, 0.5) is 0 Å². The van der Waals surface area contributed by atoms with Crippen LogP contribution < -0.4 is 0 Å². The van der Waals surface area contributed by atoms with E-state index < -0.39 is 6.10 Å². The van der Waals surface area contributed by atoms with Crippen LogP contribution in [-0.4, -0.2) is 37.2 Å². The van der Waals surface area contributed by atoms with Gasteiger partial charge < -0.3 is 14.2 Å². The molecular formula is C75H144O6. The topological polar surface area (TPSA) is 78.9 Å². The number of unbranched alkanes of at least 4 members (excludes halogenated alkanes) is 57. The summed E-state index contributed by atoms with van der Waals surface area (Å²) in [7, 11) is 0. The van der Waals surface area contributed by atoms with Gasteiger partial charge in [0.15, 0.2) is 6.10 Å². The number of esters is 3. The van der Waals surface area contributed by atoms with Gasteiger partial charge in [-0.1, -0.05) is 380 Å². The number of allylic oxidation sites excluding steroid dienone is 2. The molecule has 0 saturated heterocycles. The molecule has 0 aromatic carbocycles. The molecule has 0 aliphatic carbocycles. The highest BCUT2D eigenvalue weighted by molar-refractivity contribution is 5.71. The van der Waals surface area contributed by atoms with Gasteiger partial charge in [-0.2, -0.15) is 0 Å². The third-order valence-corrected chi connectivity index (χ3v) is 17.3. The molecule has 81 heavy (non-hydrogen) atoms. The second-order valence-electron chi connectivity index (χ2n) is 25.6. The Balaban J connectivity index is 4.05. The van der Waals surface area contributed by atoms with Gasteiger partial charge in [0.2, 0.25) is 0 Å². The van der Waals surface area contributed by atoms with Crippen molar-refractivity contribution in [1.29, 1.82) is 0 Å². The van der Waals surface area contributed by atoms with Crippen molar-refractivity contribution in [3.63, 3.8) is 0 Å². The molecule has 0 heterocycles. The fraction of sp³-hybridized carbons (Fsp3) is 0.933. The number of hydrogen-bond donors (Lipinski definition) is 0. The molecule has 0 aliphatic rings. The van der Waals surface area contributed by atoms with E-state index in [0.29, 0.717) is 19.3 Å². The lowest BCUT2D eigenvalue weighted by Gasteiger charge is -2.18. The first-order valence-electron chi connectivity index (χ1n) is 37.2. The standard InChI is InChI=1S/C75H144O6/c1-4-7-10-13-16-19-22-25-27-29-30-31-32-33-34-35-36-37-38-39-40-41-42-43-44-45-46-48-50-53-56-59-62-65-68-74(77)80-71-72(70-79-73(76)67-64-61-58-55-52-49-24-21-18-15-12-9-6-3)81-75(78)69-66-63-60-57-54-51-47-28-26-23-20-17-14-11-8-5-2/h28,47,72H,4-27,29-46,48-71H2,1-3H3/b47-28-. The van der Waals surface area contributed by atoms with Gasteiger partial charge in [0, 0.05) is 19.3 Å². The average Bonchev–Trinajstić information content (AvgIpc) is 3.47. The maximum atomic E-state index is 12.9. The first-order chi connectivity index (χ1) is 40.0. The number of carbonyl (C=O) groups is 3. The molecule has 0 fully saturated rings. The Hall–Kier alpha value is -1.85. The molecule has 480 valence electrons. The van der Waals surface area contributed by atoms with Crippen molar-refractivity contribution in [2.75, 3.05) is 13.2 Å². The molecule has 0 radical (unpaired) electrons.